The number of ether oxygens (including phenoxy) is 2. The number of hydrogen-bond acceptors (Lipinski definition) is 4. The summed E-state index contributed by atoms with van der Waals surface area (Å²) in [5, 5.41) is 8.11. The van der Waals surface area contributed by atoms with Gasteiger partial charge in [0.2, 0.25) is 0 Å². The molecule has 0 aliphatic carbocycles. The third kappa shape index (κ3) is 3.85. The van der Waals surface area contributed by atoms with Crippen molar-refractivity contribution >= 4 is 17.4 Å². The molecule has 0 bridgehead atoms. The van der Waals surface area contributed by atoms with Gasteiger partial charge in [0.15, 0.2) is 0 Å². The van der Waals surface area contributed by atoms with Crippen LogP contribution in [-0.2, 0) is 4.74 Å². The molecule has 0 radical (unpaired) electrons. The minimum Gasteiger partial charge on any atom is -0.490 e. The van der Waals surface area contributed by atoms with Crippen LogP contribution in [0.1, 0.15) is 12.5 Å². The van der Waals surface area contributed by atoms with E-state index < -0.39 is 0 Å². The van der Waals surface area contributed by atoms with Crippen molar-refractivity contribution in [3.8, 4) is 5.75 Å². The van der Waals surface area contributed by atoms with Gasteiger partial charge in [0.05, 0.1) is 12.2 Å². The Kier molecular flexibility index (Phi) is 5.23. The largest absolute Gasteiger partial charge is 0.490 e. The Labute approximate surface area is 124 Å². The van der Waals surface area contributed by atoms with E-state index in [2.05, 4.69) is 11.8 Å². The number of nitrogens with two attached hydrogens (primary N) is 1. The van der Waals surface area contributed by atoms with E-state index in [1.54, 1.807) is 18.2 Å². The molecule has 1 fully saturated rings. The third-order valence-electron chi connectivity index (χ3n) is 3.33. The number of amidine groups is 1. The zero-order chi connectivity index (χ0) is 14.5. The molecule has 2 rings (SSSR count). The zero-order valence-corrected chi connectivity index (χ0v) is 12.3. The maximum atomic E-state index is 7.55. The number of nitrogen functional groups attached to an aromatic ring is 1. The van der Waals surface area contributed by atoms with Gasteiger partial charge in [-0.15, -0.1) is 0 Å². The fourth-order valence-corrected chi connectivity index (χ4v) is 2.35. The van der Waals surface area contributed by atoms with Crippen LogP contribution in [0.5, 0.6) is 5.75 Å². The van der Waals surface area contributed by atoms with Crippen LogP contribution in [0.15, 0.2) is 18.2 Å². The highest BCUT2D eigenvalue weighted by Gasteiger charge is 2.20. The van der Waals surface area contributed by atoms with Gasteiger partial charge >= 0.3 is 0 Å². The van der Waals surface area contributed by atoms with Gasteiger partial charge in [0.1, 0.15) is 24.3 Å². The summed E-state index contributed by atoms with van der Waals surface area (Å²) in [6.07, 6.45) is 0.0301. The number of nitrogens with zero attached hydrogens (tertiary/aromatic N) is 1. The summed E-state index contributed by atoms with van der Waals surface area (Å²) in [4.78, 5) is 2.32. The predicted octanol–water partition coefficient (Wildman–Crippen LogP) is 1.72. The summed E-state index contributed by atoms with van der Waals surface area (Å²) >= 11 is 5.96. The van der Waals surface area contributed by atoms with Crippen molar-refractivity contribution in [1.29, 1.82) is 5.41 Å². The van der Waals surface area contributed by atoms with E-state index in [0.29, 0.717) is 22.9 Å². The van der Waals surface area contributed by atoms with Crippen LogP contribution in [0.2, 0.25) is 5.02 Å². The Morgan fingerprint density at radius 1 is 1.60 bits per heavy atom. The first-order valence-corrected chi connectivity index (χ1v) is 7.08. The van der Waals surface area contributed by atoms with E-state index in [-0.39, 0.29) is 11.9 Å². The molecule has 5 nitrogen and oxygen atoms in total. The second-order valence-corrected chi connectivity index (χ2v) is 5.19. The van der Waals surface area contributed by atoms with Crippen molar-refractivity contribution in [2.24, 2.45) is 5.73 Å². The van der Waals surface area contributed by atoms with Crippen molar-refractivity contribution in [2.75, 3.05) is 32.8 Å². The van der Waals surface area contributed by atoms with Crippen LogP contribution in [0.3, 0.4) is 0 Å². The molecule has 0 saturated carbocycles. The van der Waals surface area contributed by atoms with E-state index in [0.717, 1.165) is 26.2 Å². The summed E-state index contributed by atoms with van der Waals surface area (Å²) in [5.74, 6) is 0.499. The first-order valence-electron chi connectivity index (χ1n) is 6.71. The fraction of sp³-hybridized carbons (Fsp3) is 0.500. The van der Waals surface area contributed by atoms with E-state index in [9.17, 15) is 0 Å². The van der Waals surface area contributed by atoms with E-state index in [1.807, 2.05) is 0 Å². The van der Waals surface area contributed by atoms with Gasteiger partial charge in [-0.05, 0) is 24.7 Å². The lowest BCUT2D eigenvalue weighted by atomic mass is 10.2. The smallest absolute Gasteiger partial charge is 0.131 e. The lowest BCUT2D eigenvalue weighted by Crippen LogP contribution is -2.44. The van der Waals surface area contributed by atoms with Crippen LogP contribution >= 0.6 is 11.6 Å². The van der Waals surface area contributed by atoms with Crippen molar-refractivity contribution in [1.82, 2.24) is 4.90 Å². The van der Waals surface area contributed by atoms with Gasteiger partial charge in [-0.3, -0.25) is 10.3 Å². The Morgan fingerprint density at radius 3 is 3.10 bits per heavy atom. The predicted molar refractivity (Wildman–Crippen MR) is 79.8 cm³/mol. The maximum absolute atomic E-state index is 7.55. The van der Waals surface area contributed by atoms with Crippen LogP contribution in [0.25, 0.3) is 0 Å². The summed E-state index contributed by atoms with van der Waals surface area (Å²) in [6.45, 7) is 6.10. The molecule has 0 aromatic heterocycles. The molecule has 1 aliphatic rings. The molecule has 1 aliphatic heterocycles. The minimum absolute atomic E-state index is 0.0301. The van der Waals surface area contributed by atoms with Gasteiger partial charge in [-0.25, -0.2) is 0 Å². The van der Waals surface area contributed by atoms with Crippen LogP contribution in [0, 0.1) is 5.41 Å². The van der Waals surface area contributed by atoms with Crippen molar-refractivity contribution in [3.05, 3.63) is 28.8 Å². The molecule has 1 unspecified atom stereocenters. The van der Waals surface area contributed by atoms with E-state index in [4.69, 9.17) is 32.2 Å². The molecular weight excluding hydrogens is 278 g/mol. The lowest BCUT2D eigenvalue weighted by Gasteiger charge is -2.32. The molecule has 3 N–H and O–H groups in total. The van der Waals surface area contributed by atoms with Crippen molar-refractivity contribution in [2.45, 2.75) is 13.0 Å². The highest BCUT2D eigenvalue weighted by molar-refractivity contribution is 6.30. The topological polar surface area (TPSA) is 71.6 Å². The zero-order valence-electron chi connectivity index (χ0n) is 11.6. The molecule has 1 saturated heterocycles. The SMILES string of the molecule is CCN1CCOC(COc2cc(Cl)ccc2C(=N)N)C1. The first-order chi connectivity index (χ1) is 9.60. The fourth-order valence-electron chi connectivity index (χ4n) is 2.19. The third-order valence-corrected chi connectivity index (χ3v) is 3.56. The molecule has 0 amide bonds. The second kappa shape index (κ2) is 6.92. The molecule has 1 aromatic rings. The van der Waals surface area contributed by atoms with Gasteiger partial charge in [-0.2, -0.15) is 0 Å². The average Bonchev–Trinajstić information content (AvgIpc) is 2.45. The van der Waals surface area contributed by atoms with E-state index in [1.165, 1.54) is 0 Å². The number of rotatable bonds is 5. The highest BCUT2D eigenvalue weighted by atomic mass is 35.5. The Bertz CT molecular complexity index is 481. The lowest BCUT2D eigenvalue weighted by molar-refractivity contribution is -0.0464. The molecule has 1 aromatic carbocycles. The van der Waals surface area contributed by atoms with E-state index >= 15 is 0 Å². The summed E-state index contributed by atoms with van der Waals surface area (Å²) in [5.41, 5.74) is 6.09. The molecule has 1 atom stereocenters. The van der Waals surface area contributed by atoms with Crippen LogP contribution in [0.4, 0.5) is 0 Å². The number of benzene rings is 1. The van der Waals surface area contributed by atoms with Crippen molar-refractivity contribution in [3.63, 3.8) is 0 Å². The standard InChI is InChI=1S/C14H20ClN3O2/c1-2-18-5-6-19-11(8-18)9-20-13-7-10(15)3-4-12(13)14(16)17/h3-4,7,11H,2,5-6,8-9H2,1H3,(H3,16,17). The molecule has 0 spiro atoms. The van der Waals surface area contributed by atoms with Gasteiger partial charge in [0, 0.05) is 18.1 Å². The Balaban J connectivity index is 1.99. The first kappa shape index (κ1) is 15.1. The van der Waals surface area contributed by atoms with Crippen LogP contribution in [-0.4, -0.2) is 49.7 Å². The quantitative estimate of drug-likeness (QED) is 0.641. The van der Waals surface area contributed by atoms with Crippen molar-refractivity contribution < 1.29 is 9.47 Å². The second-order valence-electron chi connectivity index (χ2n) is 4.75. The normalized spacial score (nSPS) is 19.8. The summed E-state index contributed by atoms with van der Waals surface area (Å²) in [6, 6.07) is 5.07. The van der Waals surface area contributed by atoms with Crippen LogP contribution < -0.4 is 10.5 Å². The minimum atomic E-state index is -0.0311. The molecule has 6 heteroatoms. The number of likely N-dealkylation sites (N-methyl/N-ethyl adjacent to an activating group) is 1. The summed E-state index contributed by atoms with van der Waals surface area (Å²) in [7, 11) is 0. The average molecular weight is 298 g/mol. The number of morpholine rings is 1. The monoisotopic (exact) mass is 297 g/mol. The van der Waals surface area contributed by atoms with Gasteiger partial charge < -0.3 is 15.2 Å². The number of halogens is 1. The van der Waals surface area contributed by atoms with Gasteiger partial charge in [-0.1, -0.05) is 18.5 Å². The molecular formula is C14H20ClN3O2. The van der Waals surface area contributed by atoms with Gasteiger partial charge in [0.25, 0.3) is 0 Å². The summed E-state index contributed by atoms with van der Waals surface area (Å²) < 4.78 is 11.4. The molecule has 1 heterocycles. The Hall–Kier alpha value is -1.30. The number of nitrogens with one attached hydrogen (secondary N) is 1. The number of hydrogen-bond donors (Lipinski definition) is 2. The molecule has 110 valence electrons. The Morgan fingerprint density at radius 2 is 2.40 bits per heavy atom. The molecule has 20 heavy (non-hydrogen) atoms. The maximum Gasteiger partial charge on any atom is 0.131 e. The highest BCUT2D eigenvalue weighted by Crippen LogP contribution is 2.23.